The lowest BCUT2D eigenvalue weighted by molar-refractivity contribution is 0.0654. The highest BCUT2D eigenvalue weighted by atomic mass is 32.2. The van der Waals surface area contributed by atoms with Gasteiger partial charge in [0.1, 0.15) is 11.0 Å². The van der Waals surface area contributed by atoms with Gasteiger partial charge in [0.05, 0.1) is 6.54 Å². The minimum Gasteiger partial charge on any atom is -0.305 e. The summed E-state index contributed by atoms with van der Waals surface area (Å²) >= 11 is 0. The van der Waals surface area contributed by atoms with Crippen LogP contribution in [0.3, 0.4) is 0 Å². The van der Waals surface area contributed by atoms with E-state index < -0.39 is 11.0 Å². The van der Waals surface area contributed by atoms with Crippen LogP contribution in [0.5, 0.6) is 0 Å². The van der Waals surface area contributed by atoms with Crippen LogP contribution in [-0.2, 0) is 17.5 Å². The Hall–Kier alpha value is -2.18. The first-order valence-corrected chi connectivity index (χ1v) is 11.0. The zero-order valence-corrected chi connectivity index (χ0v) is 16.6. The van der Waals surface area contributed by atoms with Crippen LogP contribution < -0.4 is 10.1 Å². The first kappa shape index (κ1) is 18.2. The maximum atomic E-state index is 12.8. The molecular weight excluding hydrogens is 358 g/mol. The predicted molar refractivity (Wildman–Crippen MR) is 110 cm³/mol. The molecule has 0 spiro atoms. The van der Waals surface area contributed by atoms with E-state index in [2.05, 4.69) is 22.3 Å². The van der Waals surface area contributed by atoms with Gasteiger partial charge in [-0.15, -0.1) is 0 Å². The molecule has 1 amide bonds. The molecule has 2 aromatic rings. The van der Waals surface area contributed by atoms with Crippen LogP contribution in [0.2, 0.25) is 0 Å². The van der Waals surface area contributed by atoms with Crippen molar-refractivity contribution in [3.63, 3.8) is 0 Å². The highest BCUT2D eigenvalue weighted by molar-refractivity contribution is 7.85. The maximum Gasteiger partial charge on any atom is 0.268 e. The topological polar surface area (TPSA) is 61.4 Å². The summed E-state index contributed by atoms with van der Waals surface area (Å²) in [5.74, 6) is 0.780. The summed E-state index contributed by atoms with van der Waals surface area (Å²) in [6.45, 7) is 3.48. The monoisotopic (exact) mass is 383 g/mol. The van der Waals surface area contributed by atoms with E-state index in [1.807, 2.05) is 31.2 Å². The number of hydrogen-bond acceptors (Lipinski definition) is 3. The summed E-state index contributed by atoms with van der Waals surface area (Å²) in [7, 11) is -1.11. The van der Waals surface area contributed by atoms with Crippen LogP contribution in [0.4, 0.5) is 5.69 Å². The van der Waals surface area contributed by atoms with Crippen molar-refractivity contribution < 1.29 is 9.00 Å². The van der Waals surface area contributed by atoms with E-state index in [1.54, 1.807) is 11.3 Å². The molecule has 5 nitrogen and oxygen atoms in total. The number of anilines is 1. The molecule has 4 rings (SSSR count). The van der Waals surface area contributed by atoms with Gasteiger partial charge in [-0.05, 0) is 66.1 Å². The zero-order valence-electron chi connectivity index (χ0n) is 15.7. The predicted octanol–water partition coefficient (Wildman–Crippen LogP) is 3.63. The number of aryl methyl sites for hydroxylation is 1. The zero-order chi connectivity index (χ0) is 19.0. The van der Waals surface area contributed by atoms with Gasteiger partial charge in [-0.3, -0.25) is 9.80 Å². The number of hydrogen-bond donors (Lipinski definition) is 2. The van der Waals surface area contributed by atoms with Gasteiger partial charge in [-0.2, -0.15) is 0 Å². The van der Waals surface area contributed by atoms with Crippen molar-refractivity contribution in [2.75, 3.05) is 17.5 Å². The Morgan fingerprint density at radius 2 is 2.00 bits per heavy atom. The highest BCUT2D eigenvalue weighted by Crippen LogP contribution is 2.32. The largest absolute Gasteiger partial charge is 0.305 e. The molecule has 1 aliphatic carbocycles. The van der Waals surface area contributed by atoms with E-state index in [9.17, 15) is 9.00 Å². The van der Waals surface area contributed by atoms with Gasteiger partial charge in [-0.25, -0.2) is 9.63 Å². The molecule has 1 fully saturated rings. The van der Waals surface area contributed by atoms with Crippen molar-refractivity contribution in [1.82, 2.24) is 10.4 Å². The summed E-state index contributed by atoms with van der Waals surface area (Å²) in [6.07, 6.45) is 5.45. The molecule has 0 bridgehead atoms. The average Bonchev–Trinajstić information content (AvgIpc) is 2.89. The fourth-order valence-electron chi connectivity index (χ4n) is 3.83. The van der Waals surface area contributed by atoms with Crippen molar-refractivity contribution in [3.05, 3.63) is 53.1 Å². The van der Waals surface area contributed by atoms with Crippen molar-refractivity contribution in [2.24, 2.45) is 5.92 Å². The Morgan fingerprint density at radius 3 is 2.70 bits per heavy atom. The van der Waals surface area contributed by atoms with Gasteiger partial charge in [0.15, 0.2) is 0 Å². The number of carbonyl (C=O) groups excluding carboxylic acids is 1. The lowest BCUT2D eigenvalue weighted by Gasteiger charge is -2.28. The smallest absolute Gasteiger partial charge is 0.268 e. The van der Waals surface area contributed by atoms with Crippen LogP contribution in [0.25, 0.3) is 11.1 Å². The van der Waals surface area contributed by atoms with Crippen LogP contribution in [0.15, 0.2) is 36.4 Å². The number of amides is 1. The quantitative estimate of drug-likeness (QED) is 0.801. The van der Waals surface area contributed by atoms with Gasteiger partial charge >= 0.3 is 0 Å². The SMILES string of the molecule is Cc1cc(-c2cccc(NS(C)=O)c2)cc2c1C(=O)N(NCC1CCC1)C2. The van der Waals surface area contributed by atoms with Crippen LogP contribution >= 0.6 is 0 Å². The molecule has 1 saturated carbocycles. The second kappa shape index (κ2) is 7.44. The van der Waals surface area contributed by atoms with Crippen molar-refractivity contribution >= 4 is 22.6 Å². The third-order valence-electron chi connectivity index (χ3n) is 5.46. The number of fused-ring (bicyclic) bond motifs is 1. The van der Waals surface area contributed by atoms with E-state index in [0.29, 0.717) is 12.5 Å². The van der Waals surface area contributed by atoms with Gasteiger partial charge in [-0.1, -0.05) is 24.6 Å². The second-order valence-electron chi connectivity index (χ2n) is 7.51. The molecule has 1 heterocycles. The molecule has 0 saturated heterocycles. The first-order chi connectivity index (χ1) is 13.0. The van der Waals surface area contributed by atoms with E-state index in [0.717, 1.165) is 40.0 Å². The van der Waals surface area contributed by atoms with Gasteiger partial charge in [0.2, 0.25) is 0 Å². The molecule has 1 atom stereocenters. The molecule has 2 aromatic carbocycles. The Balaban J connectivity index is 1.57. The van der Waals surface area contributed by atoms with Gasteiger partial charge in [0.25, 0.3) is 5.91 Å². The number of benzene rings is 2. The van der Waals surface area contributed by atoms with Gasteiger partial charge in [0, 0.05) is 24.1 Å². The number of carbonyl (C=O) groups is 1. The molecule has 2 aliphatic rings. The molecular formula is C21H25N3O2S. The Bertz CT molecular complexity index is 908. The summed E-state index contributed by atoms with van der Waals surface area (Å²) in [5.41, 5.74) is 9.17. The molecule has 142 valence electrons. The van der Waals surface area contributed by atoms with Crippen LogP contribution in [-0.4, -0.2) is 27.9 Å². The van der Waals surface area contributed by atoms with E-state index in [1.165, 1.54) is 19.3 Å². The number of nitrogens with one attached hydrogen (secondary N) is 2. The Kier molecular flexibility index (Phi) is 5.02. The summed E-state index contributed by atoms with van der Waals surface area (Å²) in [6, 6.07) is 12.0. The normalized spacial score (nSPS) is 17.6. The molecule has 1 aliphatic heterocycles. The van der Waals surface area contributed by atoms with Crippen molar-refractivity contribution in [2.45, 2.75) is 32.7 Å². The summed E-state index contributed by atoms with van der Waals surface area (Å²) < 4.78 is 14.4. The van der Waals surface area contributed by atoms with Crippen LogP contribution in [0, 0.1) is 12.8 Å². The summed E-state index contributed by atoms with van der Waals surface area (Å²) in [5, 5.41) is 1.76. The lowest BCUT2D eigenvalue weighted by atomic mass is 9.86. The Morgan fingerprint density at radius 1 is 1.19 bits per heavy atom. The highest BCUT2D eigenvalue weighted by Gasteiger charge is 2.30. The number of hydrazine groups is 1. The number of nitrogens with zero attached hydrogens (tertiary/aromatic N) is 1. The fourth-order valence-corrected chi connectivity index (χ4v) is 4.29. The fraction of sp³-hybridized carbons (Fsp3) is 0.381. The molecule has 27 heavy (non-hydrogen) atoms. The number of rotatable bonds is 6. The van der Waals surface area contributed by atoms with E-state index in [4.69, 9.17) is 0 Å². The van der Waals surface area contributed by atoms with Crippen molar-refractivity contribution in [3.8, 4) is 11.1 Å². The van der Waals surface area contributed by atoms with E-state index >= 15 is 0 Å². The van der Waals surface area contributed by atoms with Crippen molar-refractivity contribution in [1.29, 1.82) is 0 Å². The van der Waals surface area contributed by atoms with Crippen LogP contribution in [0.1, 0.15) is 40.7 Å². The molecule has 1 unspecified atom stereocenters. The molecule has 0 aromatic heterocycles. The van der Waals surface area contributed by atoms with E-state index in [-0.39, 0.29) is 5.91 Å². The molecule has 2 N–H and O–H groups in total. The maximum absolute atomic E-state index is 12.8. The summed E-state index contributed by atoms with van der Waals surface area (Å²) in [4.78, 5) is 12.8. The minimum atomic E-state index is -1.11. The third-order valence-corrected chi connectivity index (χ3v) is 5.98. The average molecular weight is 384 g/mol. The molecule has 0 radical (unpaired) electrons. The first-order valence-electron chi connectivity index (χ1n) is 9.40. The molecule has 6 heteroatoms. The van der Waals surface area contributed by atoms with Gasteiger partial charge < -0.3 is 4.72 Å². The lowest BCUT2D eigenvalue weighted by Crippen LogP contribution is -2.42. The minimum absolute atomic E-state index is 0.0742. The standard InChI is InChI=1S/C21H25N3O2S/c1-14-9-17(16-7-4-8-19(11-16)23-27(2)26)10-18-13-24(21(25)20(14)18)22-12-15-5-3-6-15/h4,7-11,15,22-23H,3,5-6,12-13H2,1-2H3. The third kappa shape index (κ3) is 3.77. The second-order valence-corrected chi connectivity index (χ2v) is 8.63. The Labute approximate surface area is 162 Å².